The van der Waals surface area contributed by atoms with E-state index in [-0.39, 0.29) is 5.82 Å². The van der Waals surface area contributed by atoms with Gasteiger partial charge >= 0.3 is 0 Å². The minimum atomic E-state index is -0.332. The second-order valence-electron chi connectivity index (χ2n) is 3.67. The van der Waals surface area contributed by atoms with Crippen molar-refractivity contribution < 1.29 is 4.39 Å². The quantitative estimate of drug-likeness (QED) is 0.715. The lowest BCUT2D eigenvalue weighted by Crippen LogP contribution is -1.88. The monoisotopic (exact) mass is 237 g/mol. The summed E-state index contributed by atoms with van der Waals surface area (Å²) in [7, 11) is 0. The van der Waals surface area contributed by atoms with Crippen LogP contribution in [0.5, 0.6) is 0 Å². The Hall–Kier alpha value is -1.33. The Kier molecular flexibility index (Phi) is 4.52. The van der Waals surface area contributed by atoms with Crippen LogP contribution in [0.25, 0.3) is 5.03 Å². The van der Waals surface area contributed by atoms with E-state index in [1.165, 1.54) is 12.1 Å². The van der Waals surface area contributed by atoms with Crippen molar-refractivity contribution in [2.45, 2.75) is 26.7 Å². The van der Waals surface area contributed by atoms with Crippen LogP contribution in [0.1, 0.15) is 30.9 Å². The summed E-state index contributed by atoms with van der Waals surface area (Å²) in [4.78, 5) is 0. The predicted molar refractivity (Wildman–Crippen MR) is 64.4 cm³/mol. The molecule has 1 rings (SSSR count). The number of nitrogens with zero attached hydrogens (tertiary/aromatic N) is 1. The van der Waals surface area contributed by atoms with Crippen molar-refractivity contribution in [3.05, 3.63) is 40.7 Å². The number of benzene rings is 1. The third kappa shape index (κ3) is 3.08. The van der Waals surface area contributed by atoms with Gasteiger partial charge in [0.25, 0.3) is 0 Å². The number of aryl methyl sites for hydroxylation is 1. The highest BCUT2D eigenvalue weighted by Gasteiger charge is 2.08. The summed E-state index contributed by atoms with van der Waals surface area (Å²) in [6.07, 6.45) is 1.46. The molecule has 0 saturated carbocycles. The highest BCUT2D eigenvalue weighted by Crippen LogP contribution is 2.26. The maximum Gasteiger partial charge on any atom is 0.124 e. The second-order valence-corrected chi connectivity index (χ2v) is 4.05. The summed E-state index contributed by atoms with van der Waals surface area (Å²) in [6.45, 7) is 3.76. The van der Waals surface area contributed by atoms with Gasteiger partial charge in [0.05, 0.1) is 11.1 Å². The predicted octanol–water partition coefficient (Wildman–Crippen LogP) is 4.41. The van der Waals surface area contributed by atoms with E-state index in [4.69, 9.17) is 16.9 Å². The number of hydrogen-bond acceptors (Lipinski definition) is 1. The van der Waals surface area contributed by atoms with Gasteiger partial charge in [-0.2, -0.15) is 5.26 Å². The van der Waals surface area contributed by atoms with E-state index in [0.29, 0.717) is 22.6 Å². The average molecular weight is 238 g/mol. The largest absolute Gasteiger partial charge is 0.207 e. The molecule has 0 aliphatic rings. The number of hydrogen-bond donors (Lipinski definition) is 0. The van der Waals surface area contributed by atoms with Crippen molar-refractivity contribution in [3.8, 4) is 6.07 Å². The molecule has 0 aliphatic carbocycles. The van der Waals surface area contributed by atoms with Crippen LogP contribution >= 0.6 is 11.6 Å². The van der Waals surface area contributed by atoms with Crippen LogP contribution in [0, 0.1) is 24.1 Å². The van der Waals surface area contributed by atoms with Crippen molar-refractivity contribution in [1.82, 2.24) is 0 Å². The number of nitriles is 1. The Labute approximate surface area is 100 Å². The molecule has 0 amide bonds. The van der Waals surface area contributed by atoms with Crippen molar-refractivity contribution in [2.75, 3.05) is 0 Å². The minimum Gasteiger partial charge on any atom is -0.207 e. The van der Waals surface area contributed by atoms with Crippen molar-refractivity contribution in [3.63, 3.8) is 0 Å². The van der Waals surface area contributed by atoms with Crippen LogP contribution in [0.3, 0.4) is 0 Å². The van der Waals surface area contributed by atoms with Crippen molar-refractivity contribution in [2.24, 2.45) is 0 Å². The first-order valence-corrected chi connectivity index (χ1v) is 5.52. The minimum absolute atomic E-state index is 0.332. The molecule has 0 saturated heterocycles. The van der Waals surface area contributed by atoms with Gasteiger partial charge in [-0.1, -0.05) is 31.0 Å². The van der Waals surface area contributed by atoms with E-state index < -0.39 is 0 Å². The van der Waals surface area contributed by atoms with Crippen LogP contribution in [0.2, 0.25) is 0 Å². The van der Waals surface area contributed by atoms with Crippen LogP contribution < -0.4 is 0 Å². The standard InChI is InChI=1S/C13H13ClFN/c1-3-4-10(8-16)13(14)11-5-9(2)6-12(15)7-11/h5-7H,3-4H2,1-2H3/b13-10-. The van der Waals surface area contributed by atoms with E-state index in [2.05, 4.69) is 6.07 Å². The van der Waals surface area contributed by atoms with Gasteiger partial charge in [0, 0.05) is 5.57 Å². The third-order valence-corrected chi connectivity index (χ3v) is 2.64. The molecule has 0 spiro atoms. The van der Waals surface area contributed by atoms with Gasteiger partial charge in [-0.15, -0.1) is 0 Å². The Morgan fingerprint density at radius 1 is 1.44 bits per heavy atom. The number of allylic oxidation sites excluding steroid dienone is 1. The van der Waals surface area contributed by atoms with Gasteiger partial charge in [-0.05, 0) is 36.6 Å². The van der Waals surface area contributed by atoms with E-state index in [9.17, 15) is 4.39 Å². The molecule has 0 N–H and O–H groups in total. The topological polar surface area (TPSA) is 23.8 Å². The lowest BCUT2D eigenvalue weighted by molar-refractivity contribution is 0.626. The fourth-order valence-electron chi connectivity index (χ4n) is 1.50. The summed E-state index contributed by atoms with van der Waals surface area (Å²) in [6, 6.07) is 6.62. The van der Waals surface area contributed by atoms with Crippen LogP contribution in [0.15, 0.2) is 23.8 Å². The molecule has 0 fully saturated rings. The summed E-state index contributed by atoms with van der Waals surface area (Å²) < 4.78 is 13.2. The second kappa shape index (κ2) is 5.67. The smallest absolute Gasteiger partial charge is 0.124 e. The molecular formula is C13H13ClFN. The molecule has 16 heavy (non-hydrogen) atoms. The summed E-state index contributed by atoms with van der Waals surface area (Å²) in [5, 5.41) is 9.30. The van der Waals surface area contributed by atoms with Gasteiger partial charge in [0.15, 0.2) is 0 Å². The van der Waals surface area contributed by atoms with Crippen molar-refractivity contribution >= 4 is 16.6 Å². The molecular weight excluding hydrogens is 225 g/mol. The SMILES string of the molecule is CCC/C(C#N)=C(/Cl)c1cc(C)cc(F)c1. The average Bonchev–Trinajstić information content (AvgIpc) is 2.23. The molecule has 1 nitrogen and oxygen atoms in total. The van der Waals surface area contributed by atoms with E-state index in [0.717, 1.165) is 12.0 Å². The van der Waals surface area contributed by atoms with Crippen LogP contribution in [-0.2, 0) is 0 Å². The first-order valence-electron chi connectivity index (χ1n) is 5.14. The number of rotatable bonds is 3. The van der Waals surface area contributed by atoms with Gasteiger partial charge < -0.3 is 0 Å². The third-order valence-electron chi connectivity index (χ3n) is 2.20. The van der Waals surface area contributed by atoms with E-state index in [1.54, 1.807) is 13.0 Å². The maximum absolute atomic E-state index is 13.2. The van der Waals surface area contributed by atoms with Gasteiger partial charge in [0.1, 0.15) is 5.82 Å². The fraction of sp³-hybridized carbons (Fsp3) is 0.308. The molecule has 0 radical (unpaired) electrons. The normalized spacial score (nSPS) is 11.9. The highest BCUT2D eigenvalue weighted by molar-refractivity contribution is 6.49. The zero-order valence-electron chi connectivity index (χ0n) is 9.35. The lowest BCUT2D eigenvalue weighted by Gasteiger charge is -2.04. The van der Waals surface area contributed by atoms with Gasteiger partial charge in [-0.25, -0.2) is 4.39 Å². The Bertz CT molecular complexity index is 437. The maximum atomic E-state index is 13.2. The summed E-state index contributed by atoms with van der Waals surface area (Å²) >= 11 is 6.09. The fourth-order valence-corrected chi connectivity index (χ4v) is 1.75. The van der Waals surface area contributed by atoms with Gasteiger partial charge in [-0.3, -0.25) is 0 Å². The molecule has 0 bridgehead atoms. The zero-order valence-corrected chi connectivity index (χ0v) is 10.1. The van der Waals surface area contributed by atoms with Crippen molar-refractivity contribution in [1.29, 1.82) is 5.26 Å². The van der Waals surface area contributed by atoms with Crippen LogP contribution in [0.4, 0.5) is 4.39 Å². The molecule has 0 aromatic heterocycles. The summed E-state index contributed by atoms with van der Waals surface area (Å²) in [5.74, 6) is -0.332. The molecule has 3 heteroatoms. The number of halogens is 2. The molecule has 84 valence electrons. The summed E-state index contributed by atoms with van der Waals surface area (Å²) in [5.41, 5.74) is 1.88. The first-order chi connectivity index (χ1) is 7.58. The Morgan fingerprint density at radius 2 is 2.12 bits per heavy atom. The molecule has 0 aliphatic heterocycles. The highest BCUT2D eigenvalue weighted by atomic mass is 35.5. The first kappa shape index (κ1) is 12.7. The Morgan fingerprint density at radius 3 is 2.62 bits per heavy atom. The van der Waals surface area contributed by atoms with Crippen LogP contribution in [-0.4, -0.2) is 0 Å². The Balaban J connectivity index is 3.22. The van der Waals surface area contributed by atoms with Gasteiger partial charge in [0.2, 0.25) is 0 Å². The molecule has 0 heterocycles. The van der Waals surface area contributed by atoms with E-state index >= 15 is 0 Å². The zero-order chi connectivity index (χ0) is 12.1. The lowest BCUT2D eigenvalue weighted by atomic mass is 10.1. The molecule has 0 unspecified atom stereocenters. The molecule has 1 aromatic rings. The molecule has 1 aromatic carbocycles. The van der Waals surface area contributed by atoms with E-state index in [1.807, 2.05) is 6.92 Å². The molecule has 0 atom stereocenters.